The van der Waals surface area contributed by atoms with Gasteiger partial charge < -0.3 is 24.3 Å². The van der Waals surface area contributed by atoms with Crippen molar-refractivity contribution in [2.45, 2.75) is 38.0 Å². The Labute approximate surface area is 198 Å². The Bertz CT molecular complexity index is 978. The van der Waals surface area contributed by atoms with Crippen LogP contribution in [-0.4, -0.2) is 51.1 Å². The Hall–Kier alpha value is -2.25. The van der Waals surface area contributed by atoms with Crippen LogP contribution in [0.5, 0.6) is 11.5 Å². The minimum Gasteiger partial charge on any atom is -0.491 e. The van der Waals surface area contributed by atoms with Crippen LogP contribution < -0.4 is 9.47 Å². The summed E-state index contributed by atoms with van der Waals surface area (Å²) in [4.78, 5) is 3.96. The first kappa shape index (κ1) is 24.4. The van der Waals surface area contributed by atoms with E-state index in [9.17, 15) is 10.2 Å². The summed E-state index contributed by atoms with van der Waals surface area (Å²) in [5.41, 5.74) is 1.81. The molecule has 2 aromatic carbocycles. The molecule has 172 valence electrons. The molecule has 0 saturated heterocycles. The molecule has 0 unspecified atom stereocenters. The Morgan fingerprint density at radius 1 is 1.00 bits per heavy atom. The topological polar surface area (TPSA) is 76.7 Å². The molecule has 0 spiro atoms. The normalized spacial score (nSPS) is 13.6. The van der Waals surface area contributed by atoms with E-state index in [1.807, 2.05) is 36.4 Å². The molecule has 0 bridgehead atoms. The molecule has 0 fully saturated rings. The molecule has 0 saturated carbocycles. The first-order chi connectivity index (χ1) is 15.3. The summed E-state index contributed by atoms with van der Waals surface area (Å²) in [7, 11) is 0. The number of ether oxygens (including phenoxy) is 2. The molecule has 0 aliphatic rings. The van der Waals surface area contributed by atoms with E-state index in [0.717, 1.165) is 11.1 Å². The van der Waals surface area contributed by atoms with E-state index in [2.05, 4.69) is 18.8 Å². The van der Waals surface area contributed by atoms with Crippen molar-refractivity contribution in [1.29, 1.82) is 0 Å². The van der Waals surface area contributed by atoms with Crippen LogP contribution in [0.2, 0.25) is 5.02 Å². The van der Waals surface area contributed by atoms with Gasteiger partial charge in [-0.25, -0.2) is 4.98 Å². The lowest BCUT2D eigenvalue weighted by molar-refractivity contribution is 0.0924. The van der Waals surface area contributed by atoms with Gasteiger partial charge in [-0.05, 0) is 35.4 Å². The third-order valence-electron chi connectivity index (χ3n) is 5.26. The van der Waals surface area contributed by atoms with E-state index < -0.39 is 12.2 Å². The second-order valence-electron chi connectivity index (χ2n) is 8.14. The second-order valence-corrected chi connectivity index (χ2v) is 8.85. The zero-order valence-electron chi connectivity index (χ0n) is 18.1. The molecule has 3 rings (SSSR count). The summed E-state index contributed by atoms with van der Waals surface area (Å²) < 4.78 is 13.1. The van der Waals surface area contributed by atoms with Crippen molar-refractivity contribution in [3.63, 3.8) is 0 Å². The SMILES string of the molecule is CC(C)(c1ccc(OC[C@@H](O)Cn2ccnc2)cc1)c1ccc(OC[C@@H](O)CCl)c(Cl)c1. The standard InChI is InChI=1S/C24H28Cl2N2O4/c1-24(2,18-5-8-23(22(26)11-18)32-14-19(29)12-25)17-3-6-21(7-4-17)31-15-20(30)13-28-10-9-27-16-28/h3-11,16,19-20,29-30H,12-15H2,1-2H3/t19-,20-/m0/s1. The molecule has 32 heavy (non-hydrogen) atoms. The van der Waals surface area contributed by atoms with Gasteiger partial charge in [-0.3, -0.25) is 0 Å². The van der Waals surface area contributed by atoms with Crippen molar-refractivity contribution < 1.29 is 19.7 Å². The predicted octanol–water partition coefficient (Wildman–Crippen LogP) is 4.28. The highest BCUT2D eigenvalue weighted by atomic mass is 35.5. The maximum atomic E-state index is 10.1. The van der Waals surface area contributed by atoms with Gasteiger partial charge in [0.1, 0.15) is 36.9 Å². The van der Waals surface area contributed by atoms with Crippen LogP contribution in [0.25, 0.3) is 0 Å². The lowest BCUT2D eigenvalue weighted by Gasteiger charge is -2.27. The van der Waals surface area contributed by atoms with Gasteiger partial charge in [0.15, 0.2) is 0 Å². The Morgan fingerprint density at radius 2 is 1.69 bits per heavy atom. The van der Waals surface area contributed by atoms with Crippen LogP contribution in [0, 0.1) is 0 Å². The van der Waals surface area contributed by atoms with Crippen molar-refractivity contribution in [3.05, 3.63) is 77.3 Å². The third kappa shape index (κ3) is 6.39. The molecule has 0 aliphatic carbocycles. The lowest BCUT2D eigenvalue weighted by atomic mass is 9.78. The van der Waals surface area contributed by atoms with E-state index in [1.54, 1.807) is 29.4 Å². The fourth-order valence-electron chi connectivity index (χ4n) is 3.25. The average Bonchev–Trinajstić information content (AvgIpc) is 3.29. The summed E-state index contributed by atoms with van der Waals surface area (Å²) in [5.74, 6) is 1.30. The summed E-state index contributed by atoms with van der Waals surface area (Å²) >= 11 is 12.0. The molecule has 1 aromatic heterocycles. The summed E-state index contributed by atoms with van der Waals surface area (Å²) in [6.07, 6.45) is 3.77. The van der Waals surface area contributed by atoms with Gasteiger partial charge in [0, 0.05) is 17.8 Å². The average molecular weight is 479 g/mol. The Balaban J connectivity index is 1.62. The van der Waals surface area contributed by atoms with Crippen LogP contribution in [0.15, 0.2) is 61.2 Å². The van der Waals surface area contributed by atoms with Gasteiger partial charge in [0.25, 0.3) is 0 Å². The van der Waals surface area contributed by atoms with Gasteiger partial charge in [0.2, 0.25) is 0 Å². The highest BCUT2D eigenvalue weighted by molar-refractivity contribution is 6.32. The van der Waals surface area contributed by atoms with Gasteiger partial charge >= 0.3 is 0 Å². The van der Waals surface area contributed by atoms with Gasteiger partial charge in [0.05, 0.1) is 23.8 Å². The van der Waals surface area contributed by atoms with Gasteiger partial charge in [-0.1, -0.05) is 43.6 Å². The highest BCUT2D eigenvalue weighted by Gasteiger charge is 2.24. The van der Waals surface area contributed by atoms with E-state index in [-0.39, 0.29) is 24.5 Å². The molecule has 0 amide bonds. The van der Waals surface area contributed by atoms with Crippen LogP contribution in [0.4, 0.5) is 0 Å². The third-order valence-corrected chi connectivity index (χ3v) is 5.91. The van der Waals surface area contributed by atoms with E-state index in [0.29, 0.717) is 23.1 Å². The van der Waals surface area contributed by atoms with Gasteiger partial charge in [-0.2, -0.15) is 0 Å². The summed E-state index contributed by atoms with van der Waals surface area (Å²) in [5, 5.41) is 20.2. The first-order valence-corrected chi connectivity index (χ1v) is 11.2. The van der Waals surface area contributed by atoms with E-state index in [1.165, 1.54) is 0 Å². The minimum atomic E-state index is -0.739. The lowest BCUT2D eigenvalue weighted by Crippen LogP contribution is -2.23. The number of alkyl halides is 1. The largest absolute Gasteiger partial charge is 0.491 e. The fraction of sp³-hybridized carbons (Fsp3) is 0.375. The van der Waals surface area contributed by atoms with Crippen LogP contribution >= 0.6 is 23.2 Å². The predicted molar refractivity (Wildman–Crippen MR) is 126 cm³/mol. The smallest absolute Gasteiger partial charge is 0.138 e. The number of halogens is 2. The molecular weight excluding hydrogens is 451 g/mol. The number of benzene rings is 2. The second kappa shape index (κ2) is 11.1. The quantitative estimate of drug-likeness (QED) is 0.402. The minimum absolute atomic E-state index is 0.0877. The number of hydrogen-bond acceptors (Lipinski definition) is 5. The van der Waals surface area contributed by atoms with Crippen molar-refractivity contribution >= 4 is 23.2 Å². The van der Waals surface area contributed by atoms with E-state index in [4.69, 9.17) is 32.7 Å². The number of imidazole rings is 1. The van der Waals surface area contributed by atoms with Crippen molar-refractivity contribution in [1.82, 2.24) is 9.55 Å². The highest BCUT2D eigenvalue weighted by Crippen LogP contribution is 2.36. The first-order valence-electron chi connectivity index (χ1n) is 10.3. The maximum Gasteiger partial charge on any atom is 0.138 e. The van der Waals surface area contributed by atoms with Crippen LogP contribution in [0.1, 0.15) is 25.0 Å². The fourth-order valence-corrected chi connectivity index (χ4v) is 3.58. The molecule has 0 aliphatic heterocycles. The maximum absolute atomic E-state index is 10.1. The molecule has 8 heteroatoms. The summed E-state index contributed by atoms with van der Waals surface area (Å²) in [6.45, 7) is 4.93. The number of aliphatic hydroxyl groups excluding tert-OH is 2. The number of rotatable bonds is 11. The van der Waals surface area contributed by atoms with Crippen LogP contribution in [-0.2, 0) is 12.0 Å². The molecule has 0 radical (unpaired) electrons. The Kier molecular flexibility index (Phi) is 8.43. The Morgan fingerprint density at radius 3 is 2.31 bits per heavy atom. The zero-order chi connectivity index (χ0) is 23.1. The summed E-state index contributed by atoms with van der Waals surface area (Å²) in [6, 6.07) is 13.5. The van der Waals surface area contributed by atoms with Crippen LogP contribution in [0.3, 0.4) is 0 Å². The zero-order valence-corrected chi connectivity index (χ0v) is 19.6. The molecular formula is C24H28Cl2N2O4. The van der Waals surface area contributed by atoms with Crippen molar-refractivity contribution in [2.24, 2.45) is 0 Å². The van der Waals surface area contributed by atoms with E-state index >= 15 is 0 Å². The number of nitrogens with zero attached hydrogens (tertiary/aromatic N) is 2. The van der Waals surface area contributed by atoms with Crippen molar-refractivity contribution in [3.8, 4) is 11.5 Å². The monoisotopic (exact) mass is 478 g/mol. The van der Waals surface area contributed by atoms with Crippen molar-refractivity contribution in [2.75, 3.05) is 19.1 Å². The van der Waals surface area contributed by atoms with Gasteiger partial charge in [-0.15, -0.1) is 11.6 Å². The molecule has 2 N–H and O–H groups in total. The molecule has 2 atom stereocenters. The number of aliphatic hydroxyl groups is 2. The molecule has 1 heterocycles. The molecule has 3 aromatic rings. The number of hydrogen-bond donors (Lipinski definition) is 2. The number of aromatic nitrogens is 2. The molecule has 6 nitrogen and oxygen atoms in total.